The smallest absolute Gasteiger partial charge is 0.382 e. The molecule has 1 aromatic carbocycles. The average molecular weight is 391 g/mol. The first-order valence-corrected chi connectivity index (χ1v) is 8.87. The van der Waals surface area contributed by atoms with Gasteiger partial charge in [0.05, 0.1) is 18.4 Å². The Bertz CT molecular complexity index is 1030. The number of hydrogen-bond donors (Lipinski definition) is 2. The van der Waals surface area contributed by atoms with E-state index in [-0.39, 0.29) is 24.0 Å². The summed E-state index contributed by atoms with van der Waals surface area (Å²) in [6, 6.07) is 2.69. The molecule has 0 bridgehead atoms. The lowest BCUT2D eigenvalue weighted by atomic mass is 9.99. The molecular weight excluding hydrogens is 371 g/mol. The minimum absolute atomic E-state index is 0.0112. The van der Waals surface area contributed by atoms with Crippen molar-refractivity contribution >= 4 is 22.7 Å². The number of rotatable bonds is 3. The van der Waals surface area contributed by atoms with Gasteiger partial charge in [0.1, 0.15) is 11.8 Å². The normalized spacial score (nSPS) is 17.6. The van der Waals surface area contributed by atoms with Crippen molar-refractivity contribution in [1.29, 1.82) is 0 Å². The number of halogens is 3. The summed E-state index contributed by atoms with van der Waals surface area (Å²) in [5.41, 5.74) is 13.6. The van der Waals surface area contributed by atoms with Crippen LogP contribution in [0.4, 0.5) is 24.7 Å². The van der Waals surface area contributed by atoms with E-state index in [1.165, 1.54) is 25.6 Å². The Labute approximate surface area is 159 Å². The van der Waals surface area contributed by atoms with Crippen LogP contribution in [0.25, 0.3) is 11.2 Å². The number of alkyl halides is 3. The summed E-state index contributed by atoms with van der Waals surface area (Å²) >= 11 is 0. The maximum atomic E-state index is 13.5. The van der Waals surface area contributed by atoms with E-state index in [0.29, 0.717) is 29.8 Å². The highest BCUT2D eigenvalue weighted by Crippen LogP contribution is 2.38. The van der Waals surface area contributed by atoms with Crippen molar-refractivity contribution in [2.24, 2.45) is 5.73 Å². The predicted octanol–water partition coefficient (Wildman–Crippen LogP) is 2.32. The molecule has 0 saturated carbocycles. The van der Waals surface area contributed by atoms with E-state index in [2.05, 4.69) is 15.0 Å². The molecule has 1 fully saturated rings. The summed E-state index contributed by atoms with van der Waals surface area (Å²) in [6.45, 7) is 3.00. The number of anilines is 2. The van der Waals surface area contributed by atoms with E-state index in [9.17, 15) is 13.2 Å². The van der Waals surface area contributed by atoms with Crippen LogP contribution in [0.2, 0.25) is 0 Å². The topological polar surface area (TPSA) is 98.9 Å². The second kappa shape index (κ2) is 6.62. The largest absolute Gasteiger partial charge is 0.416 e. The van der Waals surface area contributed by atoms with E-state index in [0.717, 1.165) is 18.2 Å². The molecule has 1 aliphatic rings. The number of imidazole rings is 1. The Morgan fingerprint density at radius 2 is 2.00 bits per heavy atom. The van der Waals surface area contributed by atoms with Crippen LogP contribution in [-0.2, 0) is 12.7 Å². The number of benzene rings is 1. The van der Waals surface area contributed by atoms with Crippen molar-refractivity contribution in [1.82, 2.24) is 19.5 Å². The molecule has 1 saturated heterocycles. The van der Waals surface area contributed by atoms with Gasteiger partial charge in [-0.25, -0.2) is 15.0 Å². The molecule has 1 aliphatic heterocycles. The van der Waals surface area contributed by atoms with E-state index >= 15 is 0 Å². The van der Waals surface area contributed by atoms with Gasteiger partial charge < -0.3 is 20.9 Å². The molecule has 0 amide bonds. The summed E-state index contributed by atoms with van der Waals surface area (Å²) in [5, 5.41) is 0. The fourth-order valence-electron chi connectivity index (χ4n) is 3.74. The lowest BCUT2D eigenvalue weighted by Gasteiger charge is -2.25. The Balaban J connectivity index is 1.84. The van der Waals surface area contributed by atoms with Gasteiger partial charge in [-0.3, -0.25) is 0 Å². The summed E-state index contributed by atoms with van der Waals surface area (Å²) < 4.78 is 42.2. The number of nitrogens with zero attached hydrogens (tertiary/aromatic N) is 5. The van der Waals surface area contributed by atoms with Crippen molar-refractivity contribution in [3.05, 3.63) is 41.5 Å². The molecule has 28 heavy (non-hydrogen) atoms. The van der Waals surface area contributed by atoms with Crippen LogP contribution < -0.4 is 16.4 Å². The van der Waals surface area contributed by atoms with Crippen LogP contribution in [0.5, 0.6) is 0 Å². The van der Waals surface area contributed by atoms with Crippen LogP contribution >= 0.6 is 0 Å². The first-order valence-electron chi connectivity index (χ1n) is 8.87. The Hall–Kier alpha value is -2.88. The van der Waals surface area contributed by atoms with Gasteiger partial charge in [0, 0.05) is 24.8 Å². The van der Waals surface area contributed by atoms with Gasteiger partial charge in [0.15, 0.2) is 11.5 Å². The summed E-state index contributed by atoms with van der Waals surface area (Å²) in [7, 11) is 0. The summed E-state index contributed by atoms with van der Waals surface area (Å²) in [5.74, 6) is 0.232. The molecule has 1 atom stereocenters. The fraction of sp³-hybridized carbons (Fsp3) is 0.389. The number of nitrogen functional groups attached to an aromatic ring is 1. The molecule has 1 unspecified atom stereocenters. The fourth-order valence-corrected chi connectivity index (χ4v) is 3.74. The van der Waals surface area contributed by atoms with E-state index in [1.54, 1.807) is 4.57 Å². The quantitative estimate of drug-likeness (QED) is 0.711. The highest BCUT2D eigenvalue weighted by atomic mass is 19.4. The van der Waals surface area contributed by atoms with Crippen LogP contribution in [0.3, 0.4) is 0 Å². The molecule has 10 heteroatoms. The van der Waals surface area contributed by atoms with Crippen molar-refractivity contribution in [2.45, 2.75) is 32.1 Å². The van der Waals surface area contributed by atoms with Crippen molar-refractivity contribution in [3.63, 3.8) is 0 Å². The van der Waals surface area contributed by atoms with Crippen LogP contribution in [0.15, 0.2) is 24.8 Å². The SMILES string of the molecule is Cc1c(C(F)(F)F)ccc(N2CCC(N)C2)c1Cn1cnc2c(N)ncnc21. The Kier molecular flexibility index (Phi) is 4.37. The molecule has 3 heterocycles. The van der Waals surface area contributed by atoms with Crippen molar-refractivity contribution < 1.29 is 13.2 Å². The summed E-state index contributed by atoms with van der Waals surface area (Å²) in [6.07, 6.45) is -0.788. The van der Waals surface area contributed by atoms with Crippen LogP contribution in [0, 0.1) is 6.92 Å². The third kappa shape index (κ3) is 3.13. The monoisotopic (exact) mass is 391 g/mol. The molecule has 7 nitrogen and oxygen atoms in total. The maximum Gasteiger partial charge on any atom is 0.416 e. The van der Waals surface area contributed by atoms with Gasteiger partial charge in [-0.15, -0.1) is 0 Å². The van der Waals surface area contributed by atoms with Gasteiger partial charge in [-0.1, -0.05) is 0 Å². The molecule has 0 aliphatic carbocycles. The molecule has 0 spiro atoms. The number of nitrogens with two attached hydrogens (primary N) is 2. The number of hydrogen-bond acceptors (Lipinski definition) is 6. The molecular formula is C18H20F3N7. The van der Waals surface area contributed by atoms with E-state index in [1.807, 2.05) is 4.90 Å². The minimum atomic E-state index is -4.43. The lowest BCUT2D eigenvalue weighted by molar-refractivity contribution is -0.138. The van der Waals surface area contributed by atoms with E-state index < -0.39 is 11.7 Å². The zero-order valence-corrected chi connectivity index (χ0v) is 15.2. The standard InChI is InChI=1S/C18H20F3N7/c1-10-12(7-28-9-26-15-16(23)24-8-25-17(15)28)14(27-5-4-11(22)6-27)3-2-13(10)18(19,20)21/h2-3,8-9,11H,4-7,22H2,1H3,(H2,23,24,25). The highest BCUT2D eigenvalue weighted by Gasteiger charge is 2.34. The first kappa shape index (κ1) is 18.5. The lowest BCUT2D eigenvalue weighted by Crippen LogP contribution is -2.27. The predicted molar refractivity (Wildman–Crippen MR) is 99.8 cm³/mol. The molecule has 148 valence electrons. The average Bonchev–Trinajstić information content (AvgIpc) is 3.23. The second-order valence-corrected chi connectivity index (χ2v) is 7.03. The van der Waals surface area contributed by atoms with Gasteiger partial charge in [0.25, 0.3) is 0 Å². The number of fused-ring (bicyclic) bond motifs is 1. The minimum Gasteiger partial charge on any atom is -0.382 e. The zero-order valence-electron chi connectivity index (χ0n) is 15.2. The first-order chi connectivity index (χ1) is 13.3. The van der Waals surface area contributed by atoms with Crippen molar-refractivity contribution in [3.8, 4) is 0 Å². The Morgan fingerprint density at radius 3 is 2.68 bits per heavy atom. The third-order valence-electron chi connectivity index (χ3n) is 5.20. The highest BCUT2D eigenvalue weighted by molar-refractivity contribution is 5.81. The van der Waals surface area contributed by atoms with Gasteiger partial charge in [0.2, 0.25) is 0 Å². The molecule has 3 aromatic rings. The third-order valence-corrected chi connectivity index (χ3v) is 5.20. The molecule has 4 N–H and O–H groups in total. The van der Waals surface area contributed by atoms with Crippen LogP contribution in [0.1, 0.15) is 23.1 Å². The molecule has 4 rings (SSSR count). The zero-order chi connectivity index (χ0) is 20.1. The van der Waals surface area contributed by atoms with E-state index in [4.69, 9.17) is 11.5 Å². The number of aromatic nitrogens is 4. The molecule has 0 radical (unpaired) electrons. The maximum absolute atomic E-state index is 13.5. The second-order valence-electron chi connectivity index (χ2n) is 7.03. The summed E-state index contributed by atoms with van der Waals surface area (Å²) in [4.78, 5) is 14.3. The van der Waals surface area contributed by atoms with Crippen LogP contribution in [-0.4, -0.2) is 38.7 Å². The molecule has 2 aromatic heterocycles. The van der Waals surface area contributed by atoms with Gasteiger partial charge in [-0.2, -0.15) is 13.2 Å². The van der Waals surface area contributed by atoms with Gasteiger partial charge in [-0.05, 0) is 36.6 Å². The van der Waals surface area contributed by atoms with Crippen molar-refractivity contribution in [2.75, 3.05) is 23.7 Å². The Morgan fingerprint density at radius 1 is 1.21 bits per heavy atom. The van der Waals surface area contributed by atoms with Gasteiger partial charge >= 0.3 is 6.18 Å².